The molecule has 3 heterocycles. The number of para-hydroxylation sites is 1. The number of aliphatic hydroxyl groups excluding tert-OH is 2. The Balaban J connectivity index is 1.40. The summed E-state index contributed by atoms with van der Waals surface area (Å²) in [5, 5.41) is 36.6. The van der Waals surface area contributed by atoms with E-state index in [4.69, 9.17) is 9.84 Å². The van der Waals surface area contributed by atoms with Crippen molar-refractivity contribution in [2.45, 2.75) is 24.5 Å². The number of rotatable bonds is 12. The number of imidazole rings is 1. The van der Waals surface area contributed by atoms with Crippen molar-refractivity contribution >= 4 is 50.1 Å². The number of nitrogens with one attached hydrogen (secondary N) is 3. The van der Waals surface area contributed by atoms with Gasteiger partial charge in [-0.2, -0.15) is 0 Å². The van der Waals surface area contributed by atoms with E-state index in [1.54, 1.807) is 30.3 Å². The number of phosphoric acid groups is 1. The van der Waals surface area contributed by atoms with Crippen molar-refractivity contribution < 1.29 is 57.4 Å². The number of aliphatic hydroxyl groups is 2. The molecule has 41 heavy (non-hydrogen) atoms. The zero-order valence-electron chi connectivity index (χ0n) is 20.7. The average Bonchev–Trinajstić information content (AvgIpc) is 3.44. The van der Waals surface area contributed by atoms with E-state index in [9.17, 15) is 38.7 Å². The van der Waals surface area contributed by atoms with Crippen LogP contribution in [0, 0.1) is 0 Å². The molecule has 0 saturated carbocycles. The van der Waals surface area contributed by atoms with Gasteiger partial charge in [-0.3, -0.25) is 28.9 Å². The van der Waals surface area contributed by atoms with Crippen LogP contribution in [0.4, 0.5) is 16.3 Å². The van der Waals surface area contributed by atoms with E-state index in [2.05, 4.69) is 34.4 Å². The number of nitrogens with zero attached hydrogens (tertiary/aromatic N) is 4. The molecule has 4 rings (SSSR count). The Morgan fingerprint density at radius 1 is 1.07 bits per heavy atom. The highest BCUT2D eigenvalue weighted by molar-refractivity contribution is 7.62. The number of aliphatic carboxylic acids is 1. The summed E-state index contributed by atoms with van der Waals surface area (Å²) >= 11 is 0. The second-order valence-corrected chi connectivity index (χ2v) is 11.8. The Bertz CT molecular complexity index is 1490. The molecule has 0 spiro atoms. The highest BCUT2D eigenvalue weighted by Gasteiger charge is 2.45. The topological polar surface area (TPSA) is 282 Å². The molecule has 21 heteroatoms. The van der Waals surface area contributed by atoms with Gasteiger partial charge in [0.25, 0.3) is 7.82 Å². The summed E-state index contributed by atoms with van der Waals surface area (Å²) in [4.78, 5) is 58.8. The fourth-order valence-electron chi connectivity index (χ4n) is 3.69. The second kappa shape index (κ2) is 12.7. The number of fused-ring (bicyclic) bond motifs is 1. The number of ether oxygens (including phenoxy) is 1. The normalized spacial score (nSPS) is 23.5. The first-order valence-corrected chi connectivity index (χ1v) is 14.8. The summed E-state index contributed by atoms with van der Waals surface area (Å²) < 4.78 is 39.1. The van der Waals surface area contributed by atoms with Crippen molar-refractivity contribution in [2.24, 2.45) is 0 Å². The zero-order valence-corrected chi connectivity index (χ0v) is 22.5. The van der Waals surface area contributed by atoms with Crippen molar-refractivity contribution in [3.05, 3.63) is 43.0 Å². The summed E-state index contributed by atoms with van der Waals surface area (Å²) in [7, 11) is -10.6. The Morgan fingerprint density at radius 3 is 2.51 bits per heavy atom. The first kappa shape index (κ1) is 30.6. The number of carbonyl (C=O) groups is 2. The number of carbonyl (C=O) groups excluding carboxylic acids is 1. The molecule has 1 fully saturated rings. The third-order valence-electron chi connectivity index (χ3n) is 5.44. The molecule has 1 aliphatic rings. The SMILES string of the molecule is O=C(O)CNCP(=O)([O-])OP(=O)([O-])OC[C@H]1O[C@@H](n2cnc3c(NC(=O)Nc4ccccc4)ncnc32)[C@@H](O)[C@H]1O. The summed E-state index contributed by atoms with van der Waals surface area (Å²) in [5.41, 5.74) is 0.694. The third kappa shape index (κ3) is 7.90. The van der Waals surface area contributed by atoms with Gasteiger partial charge < -0.3 is 44.2 Å². The Morgan fingerprint density at radius 2 is 1.80 bits per heavy atom. The van der Waals surface area contributed by atoms with Gasteiger partial charge in [0.05, 0.1) is 25.8 Å². The molecule has 0 radical (unpaired) electrons. The molecule has 6 atom stereocenters. The summed E-state index contributed by atoms with van der Waals surface area (Å²) in [6.07, 6.45) is -5.01. The molecule has 0 aliphatic carbocycles. The molecule has 2 aromatic heterocycles. The van der Waals surface area contributed by atoms with Crippen LogP contribution >= 0.6 is 15.4 Å². The summed E-state index contributed by atoms with van der Waals surface area (Å²) in [6.45, 7) is -1.72. The standard InChI is InChI=1S/C20H25N7O12P2/c28-13(29)6-21-10-40(33,34)39-41(35,36)37-7-12-15(30)16(31)19(38-12)27-9-24-14-17(22-8-23-18(14)27)26-20(32)25-11-4-2-1-3-5-11/h1-5,8-9,12,15-16,19,21,30-31H,6-7,10H2,(H,28,29)(H,33,34)(H,35,36)(H2,22,23,25,26,32)/p-2/t12-,15+,16+,19-/m1/s1. The van der Waals surface area contributed by atoms with E-state index in [1.165, 1.54) is 10.9 Å². The van der Waals surface area contributed by atoms with Gasteiger partial charge in [-0.15, -0.1) is 0 Å². The number of hydrogen-bond donors (Lipinski definition) is 6. The minimum atomic E-state index is -5.51. The molecule has 0 bridgehead atoms. The number of anilines is 2. The van der Waals surface area contributed by atoms with Crippen LogP contribution in [-0.4, -0.2) is 84.6 Å². The first-order valence-electron chi connectivity index (χ1n) is 11.6. The quantitative estimate of drug-likeness (QED) is 0.130. The number of aromatic nitrogens is 4. The van der Waals surface area contributed by atoms with Gasteiger partial charge in [-0.1, -0.05) is 18.2 Å². The minimum Gasteiger partial charge on any atom is -0.777 e. The highest BCUT2D eigenvalue weighted by atomic mass is 31.3. The van der Waals surface area contributed by atoms with Crippen LogP contribution in [-0.2, 0) is 27.5 Å². The van der Waals surface area contributed by atoms with Gasteiger partial charge in [0.15, 0.2) is 30.8 Å². The molecule has 6 N–H and O–H groups in total. The fourth-order valence-corrected chi connectivity index (χ4v) is 6.04. The lowest BCUT2D eigenvalue weighted by Crippen LogP contribution is -2.34. The molecule has 222 valence electrons. The van der Waals surface area contributed by atoms with Crippen LogP contribution < -0.4 is 25.7 Å². The maximum Gasteiger partial charge on any atom is 0.324 e. The number of benzene rings is 1. The Kier molecular flexibility index (Phi) is 9.45. The van der Waals surface area contributed by atoms with Crippen molar-refractivity contribution in [2.75, 3.05) is 30.1 Å². The van der Waals surface area contributed by atoms with Gasteiger partial charge >= 0.3 is 12.0 Å². The Hall–Kier alpha value is -3.35. The number of carboxylic acid groups (broad SMARTS) is 1. The lowest BCUT2D eigenvalue weighted by molar-refractivity contribution is -0.234. The van der Waals surface area contributed by atoms with E-state index >= 15 is 0 Å². The van der Waals surface area contributed by atoms with Gasteiger partial charge in [0.1, 0.15) is 24.6 Å². The van der Waals surface area contributed by atoms with Crippen LogP contribution in [0.15, 0.2) is 43.0 Å². The van der Waals surface area contributed by atoms with E-state index in [-0.39, 0.29) is 17.0 Å². The van der Waals surface area contributed by atoms with E-state index in [0.29, 0.717) is 5.69 Å². The fraction of sp³-hybridized carbons (Fsp3) is 0.350. The first-order chi connectivity index (χ1) is 19.3. The molecule has 1 saturated heterocycles. The third-order valence-corrected chi connectivity index (χ3v) is 8.31. The van der Waals surface area contributed by atoms with Crippen molar-refractivity contribution in [1.82, 2.24) is 24.8 Å². The number of amides is 2. The van der Waals surface area contributed by atoms with Crippen LogP contribution in [0.2, 0.25) is 0 Å². The Labute approximate surface area is 230 Å². The van der Waals surface area contributed by atoms with Crippen LogP contribution in [0.3, 0.4) is 0 Å². The molecule has 2 amide bonds. The number of carboxylic acids is 1. The van der Waals surface area contributed by atoms with Crippen molar-refractivity contribution in [1.29, 1.82) is 0 Å². The lowest BCUT2D eigenvalue weighted by Gasteiger charge is -2.32. The molecule has 1 aromatic carbocycles. The molecular weight excluding hydrogens is 592 g/mol. The summed E-state index contributed by atoms with van der Waals surface area (Å²) in [6, 6.07) is 7.96. The zero-order chi connectivity index (χ0) is 29.8. The molecule has 1 aliphatic heterocycles. The van der Waals surface area contributed by atoms with Gasteiger partial charge in [0, 0.05) is 5.69 Å². The van der Waals surface area contributed by atoms with Crippen LogP contribution in [0.25, 0.3) is 11.2 Å². The van der Waals surface area contributed by atoms with E-state index < -0.39 is 71.4 Å². The molecule has 2 unspecified atom stereocenters. The van der Waals surface area contributed by atoms with Gasteiger partial charge in [0.2, 0.25) is 0 Å². The van der Waals surface area contributed by atoms with Crippen molar-refractivity contribution in [3.8, 4) is 0 Å². The molecular formula is C20H23N7O12P2-2. The monoisotopic (exact) mass is 615 g/mol. The van der Waals surface area contributed by atoms with Crippen molar-refractivity contribution in [3.63, 3.8) is 0 Å². The second-order valence-electron chi connectivity index (χ2n) is 8.45. The summed E-state index contributed by atoms with van der Waals surface area (Å²) in [5.74, 6) is -1.37. The van der Waals surface area contributed by atoms with Crippen LogP contribution in [0.5, 0.6) is 0 Å². The predicted octanol–water partition coefficient (Wildman–Crippen LogP) is -1.22. The average molecular weight is 615 g/mol. The lowest BCUT2D eigenvalue weighted by atomic mass is 10.1. The highest BCUT2D eigenvalue weighted by Crippen LogP contribution is 2.54. The smallest absolute Gasteiger partial charge is 0.324 e. The largest absolute Gasteiger partial charge is 0.777 e. The van der Waals surface area contributed by atoms with E-state index in [0.717, 1.165) is 6.33 Å². The molecule has 3 aromatic rings. The predicted molar refractivity (Wildman–Crippen MR) is 133 cm³/mol. The maximum atomic E-state index is 12.4. The minimum absolute atomic E-state index is 0.0134. The number of hydrogen-bond acceptors (Lipinski definition) is 15. The van der Waals surface area contributed by atoms with E-state index in [1.807, 2.05) is 5.32 Å². The maximum absolute atomic E-state index is 12.4. The number of urea groups is 1. The molecule has 19 nitrogen and oxygen atoms in total. The van der Waals surface area contributed by atoms with Gasteiger partial charge in [-0.25, -0.2) is 19.7 Å². The van der Waals surface area contributed by atoms with Gasteiger partial charge in [-0.05, 0) is 12.1 Å². The van der Waals surface area contributed by atoms with Crippen LogP contribution in [0.1, 0.15) is 6.23 Å². The number of phosphoric ester groups is 1.